The Morgan fingerprint density at radius 3 is 2.76 bits per heavy atom. The van der Waals surface area contributed by atoms with E-state index < -0.39 is 5.97 Å². The third-order valence-corrected chi connectivity index (χ3v) is 3.41. The molecule has 2 aromatic rings. The number of nitrogens with two attached hydrogens (primary N) is 1. The number of benzene rings is 2. The molecular weight excluding hydrogens is 358 g/mol. The molecule has 0 aliphatic carbocycles. The van der Waals surface area contributed by atoms with Crippen LogP contribution in [0.2, 0.25) is 5.02 Å². The number of ether oxygens (including phenoxy) is 2. The number of carbonyl (C=O) groups excluding carboxylic acids is 1. The van der Waals surface area contributed by atoms with Crippen molar-refractivity contribution < 1.29 is 14.3 Å². The van der Waals surface area contributed by atoms with Crippen molar-refractivity contribution in [2.75, 3.05) is 18.9 Å². The minimum Gasteiger partial charge on any atom is -0.490 e. The number of anilines is 1. The van der Waals surface area contributed by atoms with Gasteiger partial charge in [-0.15, -0.1) is 0 Å². The lowest BCUT2D eigenvalue weighted by molar-refractivity contribution is 0.0450. The molecule has 0 heterocycles. The molecule has 0 unspecified atom stereocenters. The summed E-state index contributed by atoms with van der Waals surface area (Å²) < 4.78 is 11.5. The third-order valence-electron chi connectivity index (χ3n) is 2.59. The first-order valence-corrected chi connectivity index (χ1v) is 7.34. The molecule has 21 heavy (non-hydrogen) atoms. The smallest absolute Gasteiger partial charge is 0.339 e. The van der Waals surface area contributed by atoms with Gasteiger partial charge in [-0.3, -0.25) is 0 Å². The van der Waals surface area contributed by atoms with Crippen LogP contribution in [0.25, 0.3) is 0 Å². The van der Waals surface area contributed by atoms with Gasteiger partial charge in [0.2, 0.25) is 0 Å². The van der Waals surface area contributed by atoms with E-state index in [1.54, 1.807) is 12.1 Å². The van der Waals surface area contributed by atoms with Gasteiger partial charge in [-0.2, -0.15) is 0 Å². The van der Waals surface area contributed by atoms with E-state index in [0.29, 0.717) is 16.5 Å². The average Bonchev–Trinajstić information content (AvgIpc) is 2.46. The molecule has 0 spiro atoms. The topological polar surface area (TPSA) is 61.6 Å². The van der Waals surface area contributed by atoms with Crippen molar-refractivity contribution in [1.29, 1.82) is 0 Å². The average molecular weight is 371 g/mol. The van der Waals surface area contributed by atoms with Crippen LogP contribution >= 0.6 is 27.5 Å². The Labute approximate surface area is 135 Å². The second kappa shape index (κ2) is 7.33. The van der Waals surface area contributed by atoms with Crippen LogP contribution in [0.3, 0.4) is 0 Å². The second-order valence-corrected chi connectivity index (χ2v) is 5.50. The maximum absolute atomic E-state index is 11.9. The second-order valence-electron chi connectivity index (χ2n) is 4.18. The van der Waals surface area contributed by atoms with Crippen molar-refractivity contribution in [1.82, 2.24) is 0 Å². The fraction of sp³-hybridized carbons (Fsp3) is 0.133. The quantitative estimate of drug-likeness (QED) is 0.492. The Morgan fingerprint density at radius 1 is 1.19 bits per heavy atom. The monoisotopic (exact) mass is 369 g/mol. The first kappa shape index (κ1) is 15.7. The fourth-order valence-electron chi connectivity index (χ4n) is 1.63. The molecule has 0 radical (unpaired) electrons. The Balaban J connectivity index is 1.83. The summed E-state index contributed by atoms with van der Waals surface area (Å²) in [5.41, 5.74) is 6.32. The molecule has 2 aromatic carbocycles. The molecule has 0 atom stereocenters. The van der Waals surface area contributed by atoms with Gasteiger partial charge < -0.3 is 15.2 Å². The van der Waals surface area contributed by atoms with Gasteiger partial charge in [0.05, 0.1) is 10.6 Å². The first-order chi connectivity index (χ1) is 10.1. The number of rotatable bonds is 5. The summed E-state index contributed by atoms with van der Waals surface area (Å²) in [6.45, 7) is 0.374. The summed E-state index contributed by atoms with van der Waals surface area (Å²) in [6.07, 6.45) is 0. The van der Waals surface area contributed by atoms with Crippen molar-refractivity contribution in [3.63, 3.8) is 0 Å². The van der Waals surface area contributed by atoms with Crippen LogP contribution in [0.4, 0.5) is 5.69 Å². The lowest BCUT2D eigenvalue weighted by Gasteiger charge is -2.09. The normalized spacial score (nSPS) is 10.2. The molecule has 4 nitrogen and oxygen atoms in total. The van der Waals surface area contributed by atoms with E-state index in [0.717, 1.165) is 4.47 Å². The predicted molar refractivity (Wildman–Crippen MR) is 85.8 cm³/mol. The number of nitrogen functional groups attached to an aromatic ring is 1. The molecule has 110 valence electrons. The van der Waals surface area contributed by atoms with Crippen molar-refractivity contribution in [2.24, 2.45) is 0 Å². The summed E-state index contributed by atoms with van der Waals surface area (Å²) in [5.74, 6) is 0.174. The van der Waals surface area contributed by atoms with Crippen LogP contribution in [0.15, 0.2) is 46.9 Å². The summed E-state index contributed by atoms with van der Waals surface area (Å²) in [7, 11) is 0. The summed E-state index contributed by atoms with van der Waals surface area (Å²) in [4.78, 5) is 11.9. The molecule has 0 bridgehead atoms. The summed E-state index contributed by atoms with van der Waals surface area (Å²) >= 11 is 9.27. The third kappa shape index (κ3) is 4.65. The molecular formula is C15H13BrClNO3. The van der Waals surface area contributed by atoms with Crippen molar-refractivity contribution >= 4 is 39.2 Å². The van der Waals surface area contributed by atoms with E-state index in [1.807, 2.05) is 24.3 Å². The zero-order valence-corrected chi connectivity index (χ0v) is 13.4. The van der Waals surface area contributed by atoms with Crippen LogP contribution in [0.1, 0.15) is 10.4 Å². The zero-order valence-electron chi connectivity index (χ0n) is 11.0. The summed E-state index contributed by atoms with van der Waals surface area (Å²) in [5, 5.41) is 0.308. The molecule has 0 aromatic heterocycles. The first-order valence-electron chi connectivity index (χ1n) is 6.17. The van der Waals surface area contributed by atoms with Crippen LogP contribution in [0, 0.1) is 0 Å². The highest BCUT2D eigenvalue weighted by atomic mass is 79.9. The molecule has 2 rings (SSSR count). The van der Waals surface area contributed by atoms with E-state index >= 15 is 0 Å². The van der Waals surface area contributed by atoms with E-state index in [1.165, 1.54) is 6.07 Å². The fourth-order valence-corrected chi connectivity index (χ4v) is 2.20. The highest BCUT2D eigenvalue weighted by Gasteiger charge is 2.12. The van der Waals surface area contributed by atoms with Gasteiger partial charge in [0.15, 0.2) is 0 Å². The SMILES string of the molecule is Nc1ccc(Cl)c(C(=O)OCCOc2cccc(Br)c2)c1. The van der Waals surface area contributed by atoms with E-state index in [4.69, 9.17) is 26.8 Å². The summed E-state index contributed by atoms with van der Waals surface area (Å²) in [6, 6.07) is 12.1. The lowest BCUT2D eigenvalue weighted by Crippen LogP contribution is -2.13. The van der Waals surface area contributed by atoms with Crippen LogP contribution in [-0.2, 0) is 4.74 Å². The molecule has 0 saturated carbocycles. The van der Waals surface area contributed by atoms with Gasteiger partial charge >= 0.3 is 5.97 Å². The van der Waals surface area contributed by atoms with Gasteiger partial charge in [-0.05, 0) is 36.4 Å². The van der Waals surface area contributed by atoms with Crippen LogP contribution < -0.4 is 10.5 Å². The number of halogens is 2. The minimum atomic E-state index is -0.523. The minimum absolute atomic E-state index is 0.122. The van der Waals surface area contributed by atoms with Crippen LogP contribution in [0.5, 0.6) is 5.75 Å². The highest BCUT2D eigenvalue weighted by Crippen LogP contribution is 2.20. The standard InChI is InChI=1S/C15H13BrClNO3/c16-10-2-1-3-12(8-10)20-6-7-21-15(19)13-9-11(18)4-5-14(13)17/h1-5,8-9H,6-7,18H2. The van der Waals surface area contributed by atoms with E-state index in [9.17, 15) is 4.79 Å². The number of carbonyl (C=O) groups is 1. The highest BCUT2D eigenvalue weighted by molar-refractivity contribution is 9.10. The van der Waals surface area contributed by atoms with Gasteiger partial charge in [0.25, 0.3) is 0 Å². The molecule has 0 aliphatic heterocycles. The van der Waals surface area contributed by atoms with Crippen molar-refractivity contribution in [2.45, 2.75) is 0 Å². The van der Waals surface area contributed by atoms with Crippen molar-refractivity contribution in [3.8, 4) is 5.75 Å². The van der Waals surface area contributed by atoms with E-state index in [2.05, 4.69) is 15.9 Å². The molecule has 2 N–H and O–H groups in total. The van der Waals surface area contributed by atoms with Crippen molar-refractivity contribution in [3.05, 3.63) is 57.5 Å². The Hall–Kier alpha value is -1.72. The maximum Gasteiger partial charge on any atom is 0.339 e. The maximum atomic E-state index is 11.9. The van der Waals surface area contributed by atoms with E-state index in [-0.39, 0.29) is 18.8 Å². The zero-order chi connectivity index (χ0) is 15.2. The lowest BCUT2D eigenvalue weighted by atomic mass is 10.2. The molecule has 0 fully saturated rings. The van der Waals surface area contributed by atoms with Gasteiger partial charge in [0.1, 0.15) is 19.0 Å². The van der Waals surface area contributed by atoms with Gasteiger partial charge in [-0.25, -0.2) is 4.79 Å². The Bertz CT molecular complexity index is 649. The predicted octanol–water partition coefficient (Wildman–Crippen LogP) is 3.92. The Kier molecular flexibility index (Phi) is 5.47. The Morgan fingerprint density at radius 2 is 2.00 bits per heavy atom. The number of esters is 1. The molecule has 6 heteroatoms. The number of hydrogen-bond acceptors (Lipinski definition) is 4. The van der Waals surface area contributed by atoms with Gasteiger partial charge in [0, 0.05) is 10.2 Å². The van der Waals surface area contributed by atoms with Crippen LogP contribution in [-0.4, -0.2) is 19.2 Å². The van der Waals surface area contributed by atoms with Gasteiger partial charge in [-0.1, -0.05) is 33.6 Å². The number of hydrogen-bond donors (Lipinski definition) is 1. The largest absolute Gasteiger partial charge is 0.490 e. The molecule has 0 saturated heterocycles. The molecule has 0 aliphatic rings. The molecule has 0 amide bonds.